The fourth-order valence-corrected chi connectivity index (χ4v) is 3.43. The quantitative estimate of drug-likeness (QED) is 0.447. The second kappa shape index (κ2) is 10.3. The van der Waals surface area contributed by atoms with Gasteiger partial charge in [-0.2, -0.15) is 0 Å². The summed E-state index contributed by atoms with van der Waals surface area (Å²) in [5, 5.41) is 6.11. The summed E-state index contributed by atoms with van der Waals surface area (Å²) < 4.78 is 5.92. The lowest BCUT2D eigenvalue weighted by Gasteiger charge is -2.34. The van der Waals surface area contributed by atoms with Crippen molar-refractivity contribution < 1.29 is 9.53 Å². The van der Waals surface area contributed by atoms with E-state index >= 15 is 0 Å². The average molecular weight is 389 g/mol. The molecule has 0 saturated carbocycles. The van der Waals surface area contributed by atoms with Gasteiger partial charge in [0.2, 0.25) is 5.91 Å². The summed E-state index contributed by atoms with van der Waals surface area (Å²) in [5.41, 5.74) is 1.39. The number of amides is 1. The van der Waals surface area contributed by atoms with Crippen molar-refractivity contribution in [3.05, 3.63) is 29.8 Å². The van der Waals surface area contributed by atoms with Crippen LogP contribution in [0.3, 0.4) is 0 Å². The molecule has 28 heavy (non-hydrogen) atoms. The largest absolute Gasteiger partial charge is 0.492 e. The van der Waals surface area contributed by atoms with Crippen molar-refractivity contribution >= 4 is 11.9 Å². The highest BCUT2D eigenvalue weighted by Crippen LogP contribution is 2.25. The molecule has 0 unspecified atom stereocenters. The van der Waals surface area contributed by atoms with Crippen molar-refractivity contribution in [2.45, 2.75) is 45.4 Å². The molecule has 0 bridgehead atoms. The van der Waals surface area contributed by atoms with Crippen LogP contribution in [0.5, 0.6) is 5.75 Å². The molecule has 0 radical (unpaired) electrons. The molecule has 1 aromatic carbocycles. The van der Waals surface area contributed by atoms with E-state index in [4.69, 9.17) is 4.74 Å². The number of nitrogens with zero attached hydrogens (tertiary/aromatic N) is 2. The van der Waals surface area contributed by atoms with Gasteiger partial charge < -0.3 is 20.3 Å². The number of benzene rings is 1. The smallest absolute Gasteiger partial charge is 0.220 e. The van der Waals surface area contributed by atoms with E-state index in [0.717, 1.165) is 37.6 Å². The minimum absolute atomic E-state index is 0.115. The van der Waals surface area contributed by atoms with Crippen molar-refractivity contribution in [1.82, 2.24) is 15.5 Å². The predicted molar refractivity (Wildman–Crippen MR) is 115 cm³/mol. The third kappa shape index (κ3) is 6.73. The van der Waals surface area contributed by atoms with Crippen molar-refractivity contribution in [3.8, 4) is 5.75 Å². The molecule has 1 amide bonds. The maximum Gasteiger partial charge on any atom is 0.220 e. The molecular weight excluding hydrogens is 352 g/mol. The van der Waals surface area contributed by atoms with Crippen LogP contribution in [-0.2, 0) is 10.2 Å². The first-order chi connectivity index (χ1) is 13.3. The molecule has 0 aliphatic carbocycles. The van der Waals surface area contributed by atoms with Crippen LogP contribution >= 0.6 is 0 Å². The van der Waals surface area contributed by atoms with Gasteiger partial charge in [0.1, 0.15) is 12.4 Å². The topological polar surface area (TPSA) is 66.0 Å². The Labute approximate surface area is 169 Å². The maximum absolute atomic E-state index is 11.5. The maximum atomic E-state index is 11.5. The molecule has 1 fully saturated rings. The summed E-state index contributed by atoms with van der Waals surface area (Å²) in [6.07, 6.45) is 2.66. The Kier molecular flexibility index (Phi) is 8.15. The Hall–Kier alpha value is -2.24. The number of guanidine groups is 1. The number of ether oxygens (including phenoxy) is 1. The summed E-state index contributed by atoms with van der Waals surface area (Å²) in [5.74, 6) is 2.41. The lowest BCUT2D eigenvalue weighted by molar-refractivity contribution is -0.121. The predicted octanol–water partition coefficient (Wildman–Crippen LogP) is 2.79. The lowest BCUT2D eigenvalue weighted by atomic mass is 9.87. The van der Waals surface area contributed by atoms with E-state index in [0.29, 0.717) is 25.5 Å². The molecule has 0 aromatic heterocycles. The standard InChI is InChI=1S/C22H36N4O2/c1-22(2,3)18-7-6-8-19(16-18)28-14-11-25-21(24-5)26-12-9-17(10-13-26)15-20(27)23-4/h6-8,16-17H,9-15H2,1-5H3,(H,23,27)(H,24,25). The van der Waals surface area contributed by atoms with E-state index < -0.39 is 0 Å². The van der Waals surface area contributed by atoms with Crippen molar-refractivity contribution in [2.24, 2.45) is 10.9 Å². The monoisotopic (exact) mass is 388 g/mol. The highest BCUT2D eigenvalue weighted by atomic mass is 16.5. The molecule has 0 atom stereocenters. The first kappa shape index (κ1) is 22.1. The lowest BCUT2D eigenvalue weighted by Crippen LogP contribution is -2.46. The number of piperidine rings is 1. The Morgan fingerprint density at radius 3 is 2.61 bits per heavy atom. The number of aliphatic imine (C=N–C) groups is 1. The molecule has 0 spiro atoms. The second-order valence-corrected chi connectivity index (χ2v) is 8.41. The zero-order valence-electron chi connectivity index (χ0n) is 18.0. The molecule has 1 heterocycles. The molecule has 1 saturated heterocycles. The van der Waals surface area contributed by atoms with E-state index in [1.165, 1.54) is 5.56 Å². The van der Waals surface area contributed by atoms with Gasteiger partial charge in [0.05, 0.1) is 6.54 Å². The Morgan fingerprint density at radius 2 is 2.00 bits per heavy atom. The molecule has 1 aliphatic heterocycles. The molecule has 6 nitrogen and oxygen atoms in total. The minimum Gasteiger partial charge on any atom is -0.492 e. The zero-order valence-corrected chi connectivity index (χ0v) is 18.0. The fourth-order valence-electron chi connectivity index (χ4n) is 3.43. The van der Waals surface area contributed by atoms with Crippen LogP contribution in [0.4, 0.5) is 0 Å². The van der Waals surface area contributed by atoms with Crippen LogP contribution in [-0.4, -0.2) is 57.1 Å². The van der Waals surface area contributed by atoms with Crippen LogP contribution in [0.15, 0.2) is 29.3 Å². The number of hydrogen-bond donors (Lipinski definition) is 2. The fraction of sp³-hybridized carbons (Fsp3) is 0.636. The van der Waals surface area contributed by atoms with Crippen LogP contribution < -0.4 is 15.4 Å². The van der Waals surface area contributed by atoms with Crippen molar-refractivity contribution in [1.29, 1.82) is 0 Å². The van der Waals surface area contributed by atoms with E-state index in [1.807, 2.05) is 19.2 Å². The van der Waals surface area contributed by atoms with Gasteiger partial charge in [-0.1, -0.05) is 32.9 Å². The zero-order chi connectivity index (χ0) is 20.6. The van der Waals surface area contributed by atoms with E-state index in [1.54, 1.807) is 7.05 Å². The number of carbonyl (C=O) groups is 1. The SMILES string of the molecule is CN=C(NCCOc1cccc(C(C)(C)C)c1)N1CCC(CC(=O)NC)CC1. The number of likely N-dealkylation sites (tertiary alicyclic amines) is 1. The van der Waals surface area contributed by atoms with Crippen LogP contribution in [0.1, 0.15) is 45.6 Å². The number of carbonyl (C=O) groups excluding carboxylic acids is 1. The molecular formula is C22H36N4O2. The Balaban J connectivity index is 1.74. The third-order valence-corrected chi connectivity index (χ3v) is 5.23. The van der Waals surface area contributed by atoms with Crippen molar-refractivity contribution in [3.63, 3.8) is 0 Å². The van der Waals surface area contributed by atoms with E-state index in [9.17, 15) is 4.79 Å². The van der Waals surface area contributed by atoms with Gasteiger partial charge in [0.15, 0.2) is 5.96 Å². The van der Waals surface area contributed by atoms with Gasteiger partial charge in [-0.15, -0.1) is 0 Å². The number of rotatable bonds is 6. The van der Waals surface area contributed by atoms with Crippen LogP contribution in [0, 0.1) is 5.92 Å². The van der Waals surface area contributed by atoms with E-state index in [2.05, 4.69) is 53.4 Å². The highest BCUT2D eigenvalue weighted by molar-refractivity contribution is 5.80. The molecule has 2 N–H and O–H groups in total. The molecule has 156 valence electrons. The third-order valence-electron chi connectivity index (χ3n) is 5.23. The highest BCUT2D eigenvalue weighted by Gasteiger charge is 2.23. The van der Waals surface area contributed by atoms with Crippen LogP contribution in [0.25, 0.3) is 0 Å². The van der Waals surface area contributed by atoms with Gasteiger partial charge in [0, 0.05) is 33.6 Å². The normalized spacial score (nSPS) is 16.0. The Morgan fingerprint density at radius 1 is 1.29 bits per heavy atom. The summed E-state index contributed by atoms with van der Waals surface area (Å²) in [7, 11) is 3.51. The van der Waals surface area contributed by atoms with Crippen molar-refractivity contribution in [2.75, 3.05) is 40.3 Å². The summed E-state index contributed by atoms with van der Waals surface area (Å²) in [6.45, 7) is 9.75. The number of hydrogen-bond acceptors (Lipinski definition) is 3. The number of nitrogens with one attached hydrogen (secondary N) is 2. The Bertz CT molecular complexity index is 659. The summed E-state index contributed by atoms with van der Waals surface area (Å²) in [4.78, 5) is 18.2. The van der Waals surface area contributed by atoms with Gasteiger partial charge in [-0.3, -0.25) is 9.79 Å². The summed E-state index contributed by atoms with van der Waals surface area (Å²) in [6, 6.07) is 8.30. The van der Waals surface area contributed by atoms with Gasteiger partial charge in [-0.25, -0.2) is 0 Å². The minimum atomic E-state index is 0.115. The second-order valence-electron chi connectivity index (χ2n) is 8.41. The van der Waals surface area contributed by atoms with Gasteiger partial charge in [0.25, 0.3) is 0 Å². The van der Waals surface area contributed by atoms with Gasteiger partial charge >= 0.3 is 0 Å². The summed E-state index contributed by atoms with van der Waals surface area (Å²) >= 11 is 0. The van der Waals surface area contributed by atoms with Gasteiger partial charge in [-0.05, 0) is 41.9 Å². The average Bonchev–Trinajstić information content (AvgIpc) is 2.68. The first-order valence-corrected chi connectivity index (χ1v) is 10.2. The first-order valence-electron chi connectivity index (χ1n) is 10.2. The molecule has 2 rings (SSSR count). The molecule has 1 aromatic rings. The molecule has 6 heteroatoms. The van der Waals surface area contributed by atoms with Crippen LogP contribution in [0.2, 0.25) is 0 Å². The van der Waals surface area contributed by atoms with E-state index in [-0.39, 0.29) is 11.3 Å². The molecule has 1 aliphatic rings.